The highest BCUT2D eigenvalue weighted by atomic mass is 16.4. The Morgan fingerprint density at radius 2 is 2.04 bits per heavy atom. The summed E-state index contributed by atoms with van der Waals surface area (Å²) in [6, 6.07) is 8.14. The van der Waals surface area contributed by atoms with Gasteiger partial charge in [-0.1, -0.05) is 32.9 Å². The second kappa shape index (κ2) is 5.20. The average molecular weight is 338 g/mol. The van der Waals surface area contributed by atoms with Crippen LogP contribution in [0.25, 0.3) is 10.9 Å². The van der Waals surface area contributed by atoms with Crippen molar-refractivity contribution in [3.8, 4) is 0 Å². The first-order valence-electron chi connectivity index (χ1n) is 9.08. The number of nitrogens with zero attached hydrogens (tertiary/aromatic N) is 2. The maximum atomic E-state index is 11.6. The Kier molecular flexibility index (Phi) is 3.40. The van der Waals surface area contributed by atoms with Crippen molar-refractivity contribution in [2.24, 2.45) is 10.8 Å². The van der Waals surface area contributed by atoms with Crippen LogP contribution in [-0.4, -0.2) is 28.6 Å². The standard InChI is InChI=1S/C21H26N2O2/c1-13-8-17(15-6-5-7-16(19(24)25)18(15)22-13)23-12-21(4)10-14(23)9-20(2,3)11-21/h5-8,14H,9-12H2,1-4H3,(H,24,25)/t14-,21-/m0/s1. The zero-order valence-corrected chi connectivity index (χ0v) is 15.5. The van der Waals surface area contributed by atoms with Crippen LogP contribution < -0.4 is 4.90 Å². The Labute approximate surface area is 148 Å². The number of anilines is 1. The highest BCUT2D eigenvalue weighted by molar-refractivity contribution is 6.05. The minimum absolute atomic E-state index is 0.288. The molecular weight excluding hydrogens is 312 g/mol. The Morgan fingerprint density at radius 3 is 2.76 bits per heavy atom. The normalized spacial score (nSPS) is 27.7. The molecule has 2 aliphatic rings. The molecule has 0 amide bonds. The third-order valence-corrected chi connectivity index (χ3v) is 5.90. The van der Waals surface area contributed by atoms with E-state index in [2.05, 4.69) is 36.7 Å². The molecule has 1 aliphatic carbocycles. The molecule has 4 heteroatoms. The summed E-state index contributed by atoms with van der Waals surface area (Å²) in [4.78, 5) is 18.7. The van der Waals surface area contributed by atoms with Crippen LogP contribution in [0.4, 0.5) is 5.69 Å². The van der Waals surface area contributed by atoms with Crippen molar-refractivity contribution in [2.75, 3.05) is 11.4 Å². The lowest BCUT2D eigenvalue weighted by Gasteiger charge is -2.39. The Hall–Kier alpha value is -2.10. The van der Waals surface area contributed by atoms with E-state index in [4.69, 9.17) is 0 Å². The Bertz CT molecular complexity index is 874. The lowest BCUT2D eigenvalue weighted by molar-refractivity contribution is 0.0699. The van der Waals surface area contributed by atoms with E-state index < -0.39 is 5.97 Å². The Morgan fingerprint density at radius 1 is 1.28 bits per heavy atom. The van der Waals surface area contributed by atoms with Crippen molar-refractivity contribution in [1.82, 2.24) is 4.98 Å². The number of benzene rings is 1. The number of carboxylic acid groups (broad SMARTS) is 1. The number of carboxylic acids is 1. The molecule has 4 nitrogen and oxygen atoms in total. The third-order valence-electron chi connectivity index (χ3n) is 5.90. The van der Waals surface area contributed by atoms with Gasteiger partial charge in [-0.3, -0.25) is 4.98 Å². The molecule has 2 atom stereocenters. The van der Waals surface area contributed by atoms with Gasteiger partial charge in [0.05, 0.1) is 11.1 Å². The lowest BCUT2D eigenvalue weighted by Crippen LogP contribution is -2.34. The van der Waals surface area contributed by atoms with Crippen molar-refractivity contribution >= 4 is 22.6 Å². The van der Waals surface area contributed by atoms with Crippen LogP contribution in [0.2, 0.25) is 0 Å². The lowest BCUT2D eigenvalue weighted by atomic mass is 9.65. The first-order valence-corrected chi connectivity index (χ1v) is 9.08. The van der Waals surface area contributed by atoms with Crippen LogP contribution in [0, 0.1) is 17.8 Å². The topological polar surface area (TPSA) is 53.4 Å². The van der Waals surface area contributed by atoms with Crippen LogP contribution >= 0.6 is 0 Å². The molecule has 1 aromatic carbocycles. The fourth-order valence-electron chi connectivity index (χ4n) is 5.51. The molecule has 1 saturated carbocycles. The quantitative estimate of drug-likeness (QED) is 0.866. The van der Waals surface area contributed by atoms with Gasteiger partial charge in [-0.25, -0.2) is 4.79 Å². The average Bonchev–Trinajstić information content (AvgIpc) is 2.74. The van der Waals surface area contributed by atoms with E-state index >= 15 is 0 Å². The number of carbonyl (C=O) groups is 1. The van der Waals surface area contributed by atoms with Crippen molar-refractivity contribution in [3.63, 3.8) is 0 Å². The van der Waals surface area contributed by atoms with Crippen molar-refractivity contribution in [1.29, 1.82) is 0 Å². The van der Waals surface area contributed by atoms with Crippen LogP contribution in [0.1, 0.15) is 56.1 Å². The van der Waals surface area contributed by atoms with E-state index in [0.717, 1.165) is 23.3 Å². The predicted octanol–water partition coefficient (Wildman–Crippen LogP) is 4.65. The molecule has 2 fully saturated rings. The largest absolute Gasteiger partial charge is 0.478 e. The number of pyridine rings is 1. The number of fused-ring (bicyclic) bond motifs is 3. The molecule has 1 N–H and O–H groups in total. The van der Waals surface area contributed by atoms with Gasteiger partial charge in [0, 0.05) is 29.4 Å². The van der Waals surface area contributed by atoms with E-state index in [0.29, 0.717) is 22.4 Å². The first-order chi connectivity index (χ1) is 11.7. The monoisotopic (exact) mass is 338 g/mol. The van der Waals surface area contributed by atoms with Gasteiger partial charge in [0.15, 0.2) is 0 Å². The van der Waals surface area contributed by atoms with Gasteiger partial charge in [0.2, 0.25) is 0 Å². The summed E-state index contributed by atoms with van der Waals surface area (Å²) in [5, 5.41) is 10.5. The van der Waals surface area contributed by atoms with Gasteiger partial charge in [0.25, 0.3) is 0 Å². The summed E-state index contributed by atoms with van der Waals surface area (Å²) < 4.78 is 0. The molecule has 132 valence electrons. The van der Waals surface area contributed by atoms with Crippen molar-refractivity contribution in [2.45, 2.75) is 53.0 Å². The minimum atomic E-state index is -0.914. The highest BCUT2D eigenvalue weighted by Crippen LogP contribution is 2.54. The van der Waals surface area contributed by atoms with Gasteiger partial charge in [-0.15, -0.1) is 0 Å². The number of aryl methyl sites for hydroxylation is 1. The molecule has 1 saturated heterocycles. The van der Waals surface area contributed by atoms with Crippen LogP contribution in [0.5, 0.6) is 0 Å². The SMILES string of the molecule is Cc1cc(N2C[C@@]3(C)C[C@@H]2CC(C)(C)C3)c2cccc(C(=O)O)c2n1. The molecule has 1 aromatic heterocycles. The molecule has 2 heterocycles. The summed E-state index contributed by atoms with van der Waals surface area (Å²) >= 11 is 0. The fourth-order valence-corrected chi connectivity index (χ4v) is 5.51. The third kappa shape index (κ3) is 2.68. The smallest absolute Gasteiger partial charge is 0.337 e. The molecular formula is C21H26N2O2. The zero-order chi connectivity index (χ0) is 18.0. The van der Waals surface area contributed by atoms with E-state index in [1.165, 1.54) is 19.3 Å². The number of rotatable bonds is 2. The second-order valence-electron chi connectivity index (χ2n) is 9.13. The molecule has 0 spiro atoms. The predicted molar refractivity (Wildman–Crippen MR) is 100 cm³/mol. The van der Waals surface area contributed by atoms with Crippen LogP contribution in [-0.2, 0) is 0 Å². The maximum Gasteiger partial charge on any atom is 0.337 e. The zero-order valence-electron chi connectivity index (χ0n) is 15.5. The number of hydrogen-bond acceptors (Lipinski definition) is 3. The number of para-hydroxylation sites is 1. The van der Waals surface area contributed by atoms with Crippen LogP contribution in [0.3, 0.4) is 0 Å². The molecule has 4 rings (SSSR count). The Balaban J connectivity index is 1.88. The van der Waals surface area contributed by atoms with E-state index in [9.17, 15) is 9.90 Å². The molecule has 0 unspecified atom stereocenters. The van der Waals surface area contributed by atoms with Gasteiger partial charge in [0.1, 0.15) is 0 Å². The minimum Gasteiger partial charge on any atom is -0.478 e. The van der Waals surface area contributed by atoms with E-state index in [-0.39, 0.29) is 5.56 Å². The van der Waals surface area contributed by atoms with Gasteiger partial charge < -0.3 is 10.0 Å². The molecule has 1 aliphatic heterocycles. The fraction of sp³-hybridized carbons (Fsp3) is 0.524. The first kappa shape index (κ1) is 16.4. The second-order valence-corrected chi connectivity index (χ2v) is 9.13. The number of aromatic nitrogens is 1. The summed E-state index contributed by atoms with van der Waals surface area (Å²) in [7, 11) is 0. The molecule has 2 aromatic rings. The summed E-state index contributed by atoms with van der Waals surface area (Å²) in [6.07, 6.45) is 3.65. The molecule has 2 bridgehead atoms. The number of hydrogen-bond donors (Lipinski definition) is 1. The number of aromatic carboxylic acids is 1. The summed E-state index contributed by atoms with van der Waals surface area (Å²) in [6.45, 7) is 10.1. The molecule has 0 radical (unpaired) electrons. The highest BCUT2D eigenvalue weighted by Gasteiger charge is 2.49. The summed E-state index contributed by atoms with van der Waals surface area (Å²) in [5.74, 6) is -0.914. The van der Waals surface area contributed by atoms with Crippen molar-refractivity contribution < 1.29 is 9.90 Å². The van der Waals surface area contributed by atoms with E-state index in [1.54, 1.807) is 6.07 Å². The van der Waals surface area contributed by atoms with Crippen molar-refractivity contribution in [3.05, 3.63) is 35.5 Å². The van der Waals surface area contributed by atoms with Gasteiger partial charge >= 0.3 is 5.97 Å². The van der Waals surface area contributed by atoms with E-state index in [1.807, 2.05) is 19.1 Å². The summed E-state index contributed by atoms with van der Waals surface area (Å²) in [5.41, 5.74) is 3.61. The van der Waals surface area contributed by atoms with Gasteiger partial charge in [-0.05, 0) is 49.1 Å². The molecule has 25 heavy (non-hydrogen) atoms. The van der Waals surface area contributed by atoms with Gasteiger partial charge in [-0.2, -0.15) is 0 Å². The van der Waals surface area contributed by atoms with Crippen LogP contribution in [0.15, 0.2) is 24.3 Å². The maximum absolute atomic E-state index is 11.6.